The number of aliphatic carboxylic acids is 1. The Kier molecular flexibility index (Phi) is 3.75. The van der Waals surface area contributed by atoms with E-state index in [1.807, 2.05) is 6.07 Å². The number of nitrogens with one attached hydrogen (secondary N) is 1. The number of benzene rings is 1. The average molecular weight is 309 g/mol. The summed E-state index contributed by atoms with van der Waals surface area (Å²) in [6.45, 7) is 0. The Morgan fingerprint density at radius 2 is 1.86 bits per heavy atom. The molecule has 2 aliphatic carbocycles. The van der Waals surface area contributed by atoms with Gasteiger partial charge in [-0.25, -0.2) is 13.1 Å². The van der Waals surface area contributed by atoms with Gasteiger partial charge in [0.05, 0.1) is 11.7 Å². The van der Waals surface area contributed by atoms with E-state index in [1.54, 1.807) is 24.3 Å². The van der Waals surface area contributed by atoms with E-state index in [0.29, 0.717) is 5.56 Å². The molecule has 2 fully saturated rings. The fraction of sp³-hybridized carbons (Fsp3) is 0.533. The fourth-order valence-electron chi connectivity index (χ4n) is 3.86. The van der Waals surface area contributed by atoms with Crippen LogP contribution in [0.5, 0.6) is 0 Å². The lowest BCUT2D eigenvalue weighted by molar-refractivity contribution is -0.144. The largest absolute Gasteiger partial charge is 0.481 e. The maximum Gasteiger partial charge on any atom is 0.308 e. The van der Waals surface area contributed by atoms with E-state index < -0.39 is 28.0 Å². The Morgan fingerprint density at radius 1 is 1.19 bits per heavy atom. The van der Waals surface area contributed by atoms with Crippen LogP contribution in [0.3, 0.4) is 0 Å². The summed E-state index contributed by atoms with van der Waals surface area (Å²) in [4.78, 5) is 11.4. The third kappa shape index (κ3) is 2.96. The van der Waals surface area contributed by atoms with Crippen molar-refractivity contribution in [1.29, 1.82) is 0 Å². The van der Waals surface area contributed by atoms with E-state index in [-0.39, 0.29) is 17.6 Å². The first kappa shape index (κ1) is 14.5. The Balaban J connectivity index is 1.74. The highest BCUT2D eigenvalue weighted by atomic mass is 32.2. The van der Waals surface area contributed by atoms with Gasteiger partial charge >= 0.3 is 5.97 Å². The van der Waals surface area contributed by atoms with Crippen molar-refractivity contribution in [2.24, 2.45) is 17.8 Å². The lowest BCUT2D eigenvalue weighted by atomic mass is 9.85. The van der Waals surface area contributed by atoms with Gasteiger partial charge in [-0.3, -0.25) is 4.79 Å². The normalized spacial score (nSPS) is 31.4. The van der Waals surface area contributed by atoms with E-state index in [2.05, 4.69) is 4.72 Å². The van der Waals surface area contributed by atoms with Crippen molar-refractivity contribution in [2.45, 2.75) is 31.1 Å². The van der Waals surface area contributed by atoms with E-state index in [1.165, 1.54) is 0 Å². The third-order valence-corrected chi connectivity index (χ3v) is 6.06. The van der Waals surface area contributed by atoms with Crippen molar-refractivity contribution in [3.8, 4) is 0 Å². The SMILES string of the molecule is O=C(O)C1C2CCC(C2)C1NS(=O)(=O)Cc1ccccc1. The predicted octanol–water partition coefficient (Wildman–Crippen LogP) is 1.61. The molecule has 21 heavy (non-hydrogen) atoms. The number of carboxylic acid groups (broad SMARTS) is 1. The molecule has 5 nitrogen and oxygen atoms in total. The monoisotopic (exact) mass is 309 g/mol. The molecule has 2 N–H and O–H groups in total. The van der Waals surface area contributed by atoms with Gasteiger partial charge in [0.15, 0.2) is 0 Å². The van der Waals surface area contributed by atoms with Crippen molar-refractivity contribution in [3.63, 3.8) is 0 Å². The topological polar surface area (TPSA) is 83.5 Å². The van der Waals surface area contributed by atoms with Gasteiger partial charge in [0.2, 0.25) is 10.0 Å². The molecule has 0 aliphatic heterocycles. The molecule has 0 spiro atoms. The molecule has 0 amide bonds. The highest BCUT2D eigenvalue weighted by Gasteiger charge is 2.52. The summed E-state index contributed by atoms with van der Waals surface area (Å²) in [7, 11) is -3.52. The standard InChI is InChI=1S/C15H19NO4S/c17-15(18)13-11-6-7-12(8-11)14(13)16-21(19,20)9-10-4-2-1-3-5-10/h1-5,11-14,16H,6-9H2,(H,17,18). The van der Waals surface area contributed by atoms with Crippen LogP contribution in [0, 0.1) is 17.8 Å². The molecule has 6 heteroatoms. The molecule has 2 bridgehead atoms. The molecule has 0 aromatic heterocycles. The van der Waals surface area contributed by atoms with Crippen molar-refractivity contribution < 1.29 is 18.3 Å². The van der Waals surface area contributed by atoms with Gasteiger partial charge in [-0.2, -0.15) is 0 Å². The van der Waals surface area contributed by atoms with Crippen molar-refractivity contribution in [2.75, 3.05) is 0 Å². The first-order valence-corrected chi connectivity index (χ1v) is 8.88. The maximum atomic E-state index is 12.3. The van der Waals surface area contributed by atoms with Crippen LogP contribution in [-0.4, -0.2) is 25.5 Å². The Hall–Kier alpha value is -1.40. The summed E-state index contributed by atoms with van der Waals surface area (Å²) >= 11 is 0. The van der Waals surface area contributed by atoms with Crippen molar-refractivity contribution in [3.05, 3.63) is 35.9 Å². The summed E-state index contributed by atoms with van der Waals surface area (Å²) in [5, 5.41) is 9.36. The average Bonchev–Trinajstić information content (AvgIpc) is 2.99. The van der Waals surface area contributed by atoms with E-state index in [4.69, 9.17) is 0 Å². The van der Waals surface area contributed by atoms with E-state index >= 15 is 0 Å². The second-order valence-electron chi connectivity index (χ2n) is 6.09. The number of rotatable bonds is 5. The quantitative estimate of drug-likeness (QED) is 0.865. The van der Waals surface area contributed by atoms with Gasteiger partial charge in [-0.1, -0.05) is 30.3 Å². The Labute approximate surface area is 124 Å². The minimum atomic E-state index is -3.52. The molecule has 0 radical (unpaired) electrons. The Bertz CT molecular complexity index is 628. The predicted molar refractivity (Wildman–Crippen MR) is 77.9 cm³/mol. The third-order valence-electron chi connectivity index (χ3n) is 4.72. The molecule has 1 aromatic carbocycles. The Morgan fingerprint density at radius 3 is 2.52 bits per heavy atom. The molecule has 0 saturated heterocycles. The minimum Gasteiger partial charge on any atom is -0.481 e. The second kappa shape index (κ2) is 5.42. The number of carboxylic acids is 1. The smallest absolute Gasteiger partial charge is 0.308 e. The van der Waals surface area contributed by atoms with Gasteiger partial charge in [-0.15, -0.1) is 0 Å². The summed E-state index contributed by atoms with van der Waals surface area (Å²) in [6, 6.07) is 8.49. The van der Waals surface area contributed by atoms with Gasteiger partial charge in [0, 0.05) is 6.04 Å². The van der Waals surface area contributed by atoms with E-state index in [0.717, 1.165) is 19.3 Å². The molecule has 114 valence electrons. The minimum absolute atomic E-state index is 0.103. The number of sulfonamides is 1. The van der Waals surface area contributed by atoms with Gasteiger partial charge in [0.25, 0.3) is 0 Å². The summed E-state index contributed by atoms with van der Waals surface area (Å²) in [5.74, 6) is -1.27. The van der Waals surface area contributed by atoms with Crippen molar-refractivity contribution >= 4 is 16.0 Å². The first-order valence-electron chi connectivity index (χ1n) is 7.23. The molecule has 4 atom stereocenters. The number of fused-ring (bicyclic) bond motifs is 2. The zero-order valence-electron chi connectivity index (χ0n) is 11.6. The van der Waals surface area contributed by atoms with E-state index in [9.17, 15) is 18.3 Å². The van der Waals surface area contributed by atoms with Crippen LogP contribution in [0.2, 0.25) is 0 Å². The number of hydrogen-bond donors (Lipinski definition) is 2. The molecule has 1 aromatic rings. The lowest BCUT2D eigenvalue weighted by Gasteiger charge is -2.28. The van der Waals surface area contributed by atoms with Crippen LogP contribution in [0.25, 0.3) is 0 Å². The molecular formula is C15H19NO4S. The molecule has 0 heterocycles. The summed E-state index contributed by atoms with van der Waals surface area (Å²) in [6.07, 6.45) is 2.65. The molecule has 4 unspecified atom stereocenters. The highest BCUT2D eigenvalue weighted by Crippen LogP contribution is 2.48. The molecular weight excluding hydrogens is 290 g/mol. The fourth-order valence-corrected chi connectivity index (χ4v) is 5.33. The van der Waals surface area contributed by atoms with Crippen LogP contribution in [0.15, 0.2) is 30.3 Å². The van der Waals surface area contributed by atoms with Crippen LogP contribution in [0.1, 0.15) is 24.8 Å². The van der Waals surface area contributed by atoms with Crippen molar-refractivity contribution in [1.82, 2.24) is 4.72 Å². The lowest BCUT2D eigenvalue weighted by Crippen LogP contribution is -2.47. The zero-order valence-corrected chi connectivity index (χ0v) is 12.4. The van der Waals surface area contributed by atoms with Gasteiger partial charge in [-0.05, 0) is 36.7 Å². The van der Waals surface area contributed by atoms with Gasteiger partial charge in [0.1, 0.15) is 0 Å². The molecule has 2 saturated carbocycles. The zero-order chi connectivity index (χ0) is 15.0. The maximum absolute atomic E-state index is 12.3. The van der Waals surface area contributed by atoms with Crippen LogP contribution >= 0.6 is 0 Å². The molecule has 2 aliphatic rings. The summed E-state index contributed by atoms with van der Waals surface area (Å²) in [5.41, 5.74) is 0.708. The number of hydrogen-bond acceptors (Lipinski definition) is 3. The van der Waals surface area contributed by atoms with Crippen LogP contribution in [-0.2, 0) is 20.6 Å². The van der Waals surface area contributed by atoms with Crippen LogP contribution < -0.4 is 4.72 Å². The second-order valence-corrected chi connectivity index (χ2v) is 7.84. The first-order chi connectivity index (χ1) is 9.96. The highest BCUT2D eigenvalue weighted by molar-refractivity contribution is 7.88. The number of carbonyl (C=O) groups is 1. The van der Waals surface area contributed by atoms with Gasteiger partial charge < -0.3 is 5.11 Å². The van der Waals surface area contributed by atoms with Crippen LogP contribution in [0.4, 0.5) is 0 Å². The summed E-state index contributed by atoms with van der Waals surface area (Å²) < 4.78 is 27.3. The molecule has 3 rings (SSSR count).